The number of piperidine rings is 1. The van der Waals surface area contributed by atoms with Crippen LogP contribution in [0.25, 0.3) is 0 Å². The van der Waals surface area contributed by atoms with E-state index in [4.69, 9.17) is 9.47 Å². The van der Waals surface area contributed by atoms with Crippen molar-refractivity contribution in [2.75, 3.05) is 205 Å². The third-order valence-corrected chi connectivity index (χ3v) is 23.3. The first-order chi connectivity index (χ1) is 43.6. The monoisotopic (exact) mass is 1380 g/mol. The molecule has 0 spiro atoms. The Hall–Kier alpha value is -0.0700. The second kappa shape index (κ2) is 56.6. The number of hydrogen-bond acceptors (Lipinski definition) is 17. The van der Waals surface area contributed by atoms with Crippen molar-refractivity contribution in [3.8, 4) is 0 Å². The van der Waals surface area contributed by atoms with Gasteiger partial charge in [-0.3, -0.25) is 33.6 Å². The van der Waals surface area contributed by atoms with Crippen LogP contribution in [0.15, 0.2) is 0 Å². The van der Waals surface area contributed by atoms with E-state index in [0.717, 1.165) is 120 Å². The molecule has 0 aliphatic carbocycles. The zero-order valence-electron chi connectivity index (χ0n) is 64.4. The molecule has 93 heavy (non-hydrogen) atoms. The van der Waals surface area contributed by atoms with Crippen LogP contribution in [0.1, 0.15) is 217 Å². The first kappa shape index (κ1) is 92.9. The molecule has 10 rings (SSSR count). The number of likely N-dealkylation sites (tertiary alicyclic amines) is 4. The molecule has 16 nitrogen and oxygen atoms in total. The molecule has 10 heterocycles. The lowest BCUT2D eigenvalue weighted by atomic mass is 10.1. The Labute approximate surface area is 587 Å². The fourth-order valence-electron chi connectivity index (χ4n) is 12.2. The van der Waals surface area contributed by atoms with Crippen LogP contribution in [-0.4, -0.2) is 327 Å². The standard InChI is InChI=1S/C9H19N.C8H17NO.C8H17N.C7H16N2.C7H15NO2S.C7H15NOS.C7H15NO.C7H15NS.C7H15N.C6H13N.CH4/c1-9(2)10-7-5-3-4-6-8-10;1-8(2)9-4-3-6-10-7-5-9;1-8(2)9-6-4-3-5-7-9;1-7(2)9-5-3-8-4-6-9;1-7(2)8-3-5-11(9,10)6-4-8;1-7(2)8-3-5-10(9)6-4-8;2*1-7(2)8-3-5-9-6-4-8;1-7(2)8-5-3-4-6-8;1-6(2)7-4-3-5-7;/h9H,3-8H2,1-2H3;8H,3-7H2,1-2H3;8H,3-7H2,1-2H3;7-8H,3-6H2,1-2H3;7H,3-6H2,1-2H3;7H,3-6H2,1-2H3;2*7H,3-6H2,1-2H3;7H,3-6H2,1-2H3;6H,3-5H2,1-2H3;1H4. The largest absolute Gasteiger partial charge is 0.380 e. The van der Waals surface area contributed by atoms with Gasteiger partial charge in [-0.25, -0.2) is 8.42 Å². The molecule has 560 valence electrons. The lowest BCUT2D eigenvalue weighted by molar-refractivity contribution is 0.0238. The van der Waals surface area contributed by atoms with Gasteiger partial charge in [-0.2, -0.15) is 11.8 Å². The second-order valence-electron chi connectivity index (χ2n) is 29.8. The number of thioether (sulfide) groups is 1. The fraction of sp³-hybridized carbons (Fsp3) is 1.00. The lowest BCUT2D eigenvalue weighted by Gasteiger charge is -2.34. The Kier molecular flexibility index (Phi) is 56.5. The lowest BCUT2D eigenvalue weighted by Crippen LogP contribution is -2.46. The average Bonchev–Trinajstić information content (AvgIpc) is 2.95. The summed E-state index contributed by atoms with van der Waals surface area (Å²) in [5.74, 6) is 5.09. The summed E-state index contributed by atoms with van der Waals surface area (Å²) in [6.45, 7) is 74.4. The van der Waals surface area contributed by atoms with E-state index in [2.05, 4.69) is 205 Å². The highest BCUT2D eigenvalue weighted by Gasteiger charge is 2.24. The van der Waals surface area contributed by atoms with Crippen molar-refractivity contribution in [1.29, 1.82) is 0 Å². The summed E-state index contributed by atoms with van der Waals surface area (Å²) in [4.78, 5) is 24.7. The maximum absolute atomic E-state index is 11.0. The molecule has 10 aliphatic rings. The van der Waals surface area contributed by atoms with Crippen LogP contribution >= 0.6 is 11.8 Å². The van der Waals surface area contributed by atoms with E-state index < -0.39 is 20.6 Å². The smallest absolute Gasteiger partial charge is 0.152 e. The molecule has 0 saturated carbocycles. The number of nitrogens with zero attached hydrogens (tertiary/aromatic N) is 10. The Bertz CT molecular complexity index is 1650. The molecule has 0 aromatic heterocycles. The van der Waals surface area contributed by atoms with Gasteiger partial charge in [0.1, 0.15) is 0 Å². The van der Waals surface area contributed by atoms with Crippen LogP contribution in [0.2, 0.25) is 0 Å². The number of rotatable bonds is 10. The SMILES string of the molecule is C.CC(C)N1CCC1.CC(C)N1CCCC1.CC(C)N1CCCCC1.CC(C)N1CCCCCC1.CC(C)N1CCCOCC1.CC(C)N1CCNCC1.CC(C)N1CCOCC1.CC(C)N1CCS(=O)(=O)CC1.CC(C)N1CCS(=O)CC1.CC(C)N1CCSCC1. The number of morpholine rings is 1. The number of sulfone groups is 1. The summed E-state index contributed by atoms with van der Waals surface area (Å²) in [5, 5.41) is 3.33. The molecular weight excluding hydrogens is 1220 g/mol. The van der Waals surface area contributed by atoms with E-state index in [9.17, 15) is 12.6 Å². The maximum atomic E-state index is 11.0. The summed E-state index contributed by atoms with van der Waals surface area (Å²) in [6, 6.07) is 7.05. The van der Waals surface area contributed by atoms with Gasteiger partial charge >= 0.3 is 0 Å². The first-order valence-corrected chi connectivity index (χ1v) is 42.5. The van der Waals surface area contributed by atoms with Crippen LogP contribution in [0, 0.1) is 0 Å². The third kappa shape index (κ3) is 47.6. The molecule has 0 radical (unpaired) electrons. The Balaban J connectivity index is 0.00000101. The van der Waals surface area contributed by atoms with E-state index in [1.807, 2.05) is 0 Å². The fourth-order valence-corrected chi connectivity index (χ4v) is 15.5. The molecule has 0 unspecified atom stereocenters. The van der Waals surface area contributed by atoms with Crippen LogP contribution in [0.3, 0.4) is 0 Å². The molecular formula is C74H161N11O5S3. The van der Waals surface area contributed by atoms with Crippen LogP contribution in [0.4, 0.5) is 0 Å². The van der Waals surface area contributed by atoms with Gasteiger partial charge in [0.15, 0.2) is 9.84 Å². The van der Waals surface area contributed by atoms with E-state index in [1.165, 1.54) is 167 Å². The number of nitrogens with one attached hydrogen (secondary N) is 1. The Morgan fingerprint density at radius 2 is 0.548 bits per heavy atom. The van der Waals surface area contributed by atoms with Crippen LogP contribution < -0.4 is 5.32 Å². The predicted octanol–water partition coefficient (Wildman–Crippen LogP) is 11.6. The second-order valence-corrected chi connectivity index (χ2v) is 35.0. The number of piperazine rings is 1. The summed E-state index contributed by atoms with van der Waals surface area (Å²) in [7, 11) is -3.21. The summed E-state index contributed by atoms with van der Waals surface area (Å²) >= 11 is 2.07. The Morgan fingerprint density at radius 1 is 0.301 bits per heavy atom. The summed E-state index contributed by atoms with van der Waals surface area (Å²) < 4.78 is 43.4. The number of ether oxygens (including phenoxy) is 2. The van der Waals surface area contributed by atoms with Gasteiger partial charge < -0.3 is 34.4 Å². The van der Waals surface area contributed by atoms with Gasteiger partial charge in [0.25, 0.3) is 0 Å². The molecule has 0 bridgehead atoms. The average molecular weight is 1380 g/mol. The molecule has 0 amide bonds. The van der Waals surface area contributed by atoms with Gasteiger partial charge in [-0.15, -0.1) is 0 Å². The normalized spacial score (nSPS) is 23.2. The highest BCUT2D eigenvalue weighted by Crippen LogP contribution is 2.15. The van der Waals surface area contributed by atoms with Gasteiger partial charge in [0.05, 0.1) is 31.3 Å². The topological polar surface area (TPSA) is 114 Å². The summed E-state index contributed by atoms with van der Waals surface area (Å²) in [5.41, 5.74) is 0. The Morgan fingerprint density at radius 3 is 0.860 bits per heavy atom. The van der Waals surface area contributed by atoms with E-state index >= 15 is 0 Å². The van der Waals surface area contributed by atoms with Crippen molar-refractivity contribution < 1.29 is 22.1 Å². The quantitative estimate of drug-likeness (QED) is 0.224. The van der Waals surface area contributed by atoms with Crippen molar-refractivity contribution >= 4 is 32.4 Å². The molecule has 10 fully saturated rings. The molecule has 10 aliphatic heterocycles. The number of hydrogen-bond donors (Lipinski definition) is 1. The minimum absolute atomic E-state index is 0. The predicted molar refractivity (Wildman–Crippen MR) is 413 cm³/mol. The maximum Gasteiger partial charge on any atom is 0.152 e. The van der Waals surface area contributed by atoms with Crippen LogP contribution in [-0.2, 0) is 30.1 Å². The van der Waals surface area contributed by atoms with Gasteiger partial charge in [0, 0.05) is 192 Å². The molecule has 0 aromatic rings. The van der Waals surface area contributed by atoms with Crippen molar-refractivity contribution in [2.24, 2.45) is 0 Å². The van der Waals surface area contributed by atoms with Crippen LogP contribution in [0.5, 0.6) is 0 Å². The third-order valence-electron chi connectivity index (χ3n) is 19.5. The first-order valence-electron chi connectivity index (χ1n) is 38.0. The van der Waals surface area contributed by atoms with Crippen molar-refractivity contribution in [1.82, 2.24) is 54.3 Å². The van der Waals surface area contributed by atoms with Gasteiger partial charge in [-0.05, 0) is 242 Å². The van der Waals surface area contributed by atoms with Gasteiger partial charge in [0.2, 0.25) is 0 Å². The zero-order chi connectivity index (χ0) is 68.9. The van der Waals surface area contributed by atoms with E-state index in [-0.39, 0.29) is 7.43 Å². The minimum atomic E-state index is -2.69. The molecule has 0 atom stereocenters. The van der Waals surface area contributed by atoms with Gasteiger partial charge in [-0.1, -0.05) is 26.7 Å². The highest BCUT2D eigenvalue weighted by atomic mass is 32.2. The van der Waals surface area contributed by atoms with Crippen molar-refractivity contribution in [3.63, 3.8) is 0 Å². The van der Waals surface area contributed by atoms with Crippen molar-refractivity contribution in [2.45, 2.75) is 277 Å². The van der Waals surface area contributed by atoms with E-state index in [0.29, 0.717) is 48.8 Å². The molecule has 10 saturated heterocycles. The molecule has 19 heteroatoms. The minimum Gasteiger partial charge on any atom is -0.380 e. The molecule has 1 N–H and O–H groups in total. The summed E-state index contributed by atoms with van der Waals surface area (Å²) in [6.07, 6.45) is 15.4. The highest BCUT2D eigenvalue weighted by molar-refractivity contribution is 7.99. The van der Waals surface area contributed by atoms with Crippen molar-refractivity contribution in [3.05, 3.63) is 0 Å². The molecule has 0 aromatic carbocycles. The van der Waals surface area contributed by atoms with E-state index in [1.54, 1.807) is 0 Å². The zero-order valence-corrected chi connectivity index (χ0v) is 66.9.